The molecule has 2 aromatic carbocycles. The second-order valence-corrected chi connectivity index (χ2v) is 4.31. The third-order valence-corrected chi connectivity index (χ3v) is 2.97. The number of carbonyl (C=O) groups excluding carboxylic acids is 2. The summed E-state index contributed by atoms with van der Waals surface area (Å²) in [6, 6.07) is 13.2. The zero-order valence-corrected chi connectivity index (χ0v) is 11.5. The van der Waals surface area contributed by atoms with E-state index in [0.29, 0.717) is 17.0 Å². The lowest BCUT2D eigenvalue weighted by Crippen LogP contribution is -2.15. The Hall–Kier alpha value is -2.66. The number of rotatable bonds is 5. The molecule has 0 aliphatic rings. The van der Waals surface area contributed by atoms with Crippen molar-refractivity contribution in [1.29, 1.82) is 0 Å². The summed E-state index contributed by atoms with van der Waals surface area (Å²) in [5.74, 6) is -0.126. The Balaban J connectivity index is 2.21. The van der Waals surface area contributed by atoms with E-state index in [4.69, 9.17) is 9.84 Å². The molecule has 0 unspecified atom stereocenters. The molecule has 0 bridgehead atoms. The van der Waals surface area contributed by atoms with Gasteiger partial charge in [-0.25, -0.2) is 0 Å². The maximum Gasteiger partial charge on any atom is 0.255 e. The first-order valence-electron chi connectivity index (χ1n) is 6.34. The molecule has 0 heterocycles. The van der Waals surface area contributed by atoms with Crippen molar-refractivity contribution in [2.75, 3.05) is 19.0 Å². The van der Waals surface area contributed by atoms with Gasteiger partial charge in [0, 0.05) is 11.1 Å². The predicted octanol–water partition coefficient (Wildman–Crippen LogP) is 2.12. The van der Waals surface area contributed by atoms with Gasteiger partial charge >= 0.3 is 0 Å². The van der Waals surface area contributed by atoms with Crippen molar-refractivity contribution < 1.29 is 19.4 Å². The van der Waals surface area contributed by atoms with Gasteiger partial charge in [0.05, 0.1) is 12.8 Å². The van der Waals surface area contributed by atoms with Gasteiger partial charge in [0.1, 0.15) is 12.4 Å². The van der Waals surface area contributed by atoms with Crippen LogP contribution in [0.4, 0.5) is 5.69 Å². The monoisotopic (exact) mass is 285 g/mol. The fourth-order valence-electron chi connectivity index (χ4n) is 1.86. The van der Waals surface area contributed by atoms with Gasteiger partial charge in [-0.3, -0.25) is 9.59 Å². The number of Topliss-reactive ketones (excluding diaryl/α,β-unsaturated/α-hetero) is 1. The van der Waals surface area contributed by atoms with Crippen LogP contribution < -0.4 is 10.1 Å². The molecule has 21 heavy (non-hydrogen) atoms. The summed E-state index contributed by atoms with van der Waals surface area (Å²) in [5.41, 5.74) is 1.10. The molecule has 5 nitrogen and oxygen atoms in total. The molecule has 2 N–H and O–H groups in total. The first kappa shape index (κ1) is 14.7. The maximum atomic E-state index is 12.2. The first-order chi connectivity index (χ1) is 10.2. The zero-order chi connectivity index (χ0) is 15.2. The Morgan fingerprint density at radius 3 is 2.38 bits per heavy atom. The van der Waals surface area contributed by atoms with Crippen LogP contribution in [0.1, 0.15) is 20.7 Å². The van der Waals surface area contributed by atoms with Crippen LogP contribution in [0.25, 0.3) is 0 Å². The average Bonchev–Trinajstić information content (AvgIpc) is 2.54. The van der Waals surface area contributed by atoms with Crippen molar-refractivity contribution in [2.24, 2.45) is 0 Å². The fourth-order valence-corrected chi connectivity index (χ4v) is 1.86. The van der Waals surface area contributed by atoms with Crippen LogP contribution in [-0.4, -0.2) is 30.5 Å². The van der Waals surface area contributed by atoms with Crippen molar-refractivity contribution in [2.45, 2.75) is 0 Å². The first-order valence-corrected chi connectivity index (χ1v) is 6.34. The Morgan fingerprint density at radius 1 is 1.10 bits per heavy atom. The van der Waals surface area contributed by atoms with Crippen LogP contribution in [0.2, 0.25) is 0 Å². The standard InChI is InChI=1S/C16H15NO4/c1-21-12-8-6-11(7-9-12)16(20)17-14-5-3-2-4-13(14)15(19)10-18/h2-9,18H,10H2,1H3,(H,17,20). The highest BCUT2D eigenvalue weighted by atomic mass is 16.5. The normalized spacial score (nSPS) is 10.0. The number of nitrogens with one attached hydrogen (secondary N) is 1. The van der Waals surface area contributed by atoms with Crippen LogP contribution in [-0.2, 0) is 0 Å². The van der Waals surface area contributed by atoms with E-state index in [-0.39, 0.29) is 11.5 Å². The molecular weight excluding hydrogens is 270 g/mol. The van der Waals surface area contributed by atoms with Crippen molar-refractivity contribution in [1.82, 2.24) is 0 Å². The van der Waals surface area contributed by atoms with Gasteiger partial charge in [-0.1, -0.05) is 12.1 Å². The summed E-state index contributed by atoms with van der Waals surface area (Å²) < 4.78 is 5.03. The number of aliphatic hydroxyl groups excluding tert-OH is 1. The molecule has 0 aromatic heterocycles. The van der Waals surface area contributed by atoms with E-state index in [9.17, 15) is 9.59 Å². The number of hydrogen-bond donors (Lipinski definition) is 2. The van der Waals surface area contributed by atoms with E-state index in [0.717, 1.165) is 0 Å². The highest BCUT2D eigenvalue weighted by Crippen LogP contribution is 2.18. The molecular formula is C16H15NO4. The molecule has 0 spiro atoms. The Kier molecular flexibility index (Phi) is 4.68. The molecule has 0 aliphatic heterocycles. The molecule has 0 aliphatic carbocycles. The van der Waals surface area contributed by atoms with Gasteiger partial charge < -0.3 is 15.2 Å². The smallest absolute Gasteiger partial charge is 0.255 e. The van der Waals surface area contributed by atoms with Crippen LogP contribution in [0.5, 0.6) is 5.75 Å². The van der Waals surface area contributed by atoms with Gasteiger partial charge in [-0.15, -0.1) is 0 Å². The number of aliphatic hydroxyl groups is 1. The number of ketones is 1. The molecule has 108 valence electrons. The van der Waals surface area contributed by atoms with Crippen LogP contribution in [0.3, 0.4) is 0 Å². The number of methoxy groups -OCH3 is 1. The fraction of sp³-hybridized carbons (Fsp3) is 0.125. The lowest BCUT2D eigenvalue weighted by Gasteiger charge is -2.10. The van der Waals surface area contributed by atoms with Gasteiger partial charge in [0.15, 0.2) is 5.78 Å². The van der Waals surface area contributed by atoms with Gasteiger partial charge in [0.2, 0.25) is 0 Å². The van der Waals surface area contributed by atoms with Crippen molar-refractivity contribution in [3.63, 3.8) is 0 Å². The van der Waals surface area contributed by atoms with E-state index in [1.165, 1.54) is 0 Å². The van der Waals surface area contributed by atoms with Gasteiger partial charge in [0.25, 0.3) is 5.91 Å². The Labute approximate surface area is 122 Å². The Bertz CT molecular complexity index is 650. The SMILES string of the molecule is COc1ccc(C(=O)Nc2ccccc2C(=O)CO)cc1. The largest absolute Gasteiger partial charge is 0.497 e. The summed E-state index contributed by atoms with van der Waals surface area (Å²) in [5, 5.41) is 11.6. The summed E-state index contributed by atoms with van der Waals surface area (Å²) in [4.78, 5) is 23.8. The minimum atomic E-state index is -0.602. The number of ether oxygens (including phenoxy) is 1. The predicted molar refractivity (Wildman–Crippen MR) is 78.8 cm³/mol. The number of amides is 1. The molecule has 0 atom stereocenters. The molecule has 0 saturated heterocycles. The molecule has 0 radical (unpaired) electrons. The number of anilines is 1. The van der Waals surface area contributed by atoms with Gasteiger partial charge in [-0.05, 0) is 36.4 Å². The lowest BCUT2D eigenvalue weighted by molar-refractivity contribution is 0.0904. The van der Waals surface area contributed by atoms with E-state index < -0.39 is 12.4 Å². The molecule has 2 aromatic rings. The molecule has 5 heteroatoms. The Morgan fingerprint density at radius 2 is 1.76 bits per heavy atom. The summed E-state index contributed by atoms with van der Waals surface area (Å²) >= 11 is 0. The summed E-state index contributed by atoms with van der Waals surface area (Å²) in [6.07, 6.45) is 0. The molecule has 2 rings (SSSR count). The van der Waals surface area contributed by atoms with Crippen molar-refractivity contribution in [3.05, 3.63) is 59.7 Å². The summed E-state index contributed by atoms with van der Waals surface area (Å²) in [7, 11) is 1.55. The van der Waals surface area contributed by atoms with Gasteiger partial charge in [-0.2, -0.15) is 0 Å². The second-order valence-electron chi connectivity index (χ2n) is 4.31. The minimum absolute atomic E-state index is 0.280. The second kappa shape index (κ2) is 6.67. The van der Waals surface area contributed by atoms with E-state index in [2.05, 4.69) is 5.32 Å². The maximum absolute atomic E-state index is 12.2. The zero-order valence-electron chi connectivity index (χ0n) is 11.5. The molecule has 0 saturated carbocycles. The average molecular weight is 285 g/mol. The van der Waals surface area contributed by atoms with E-state index in [1.807, 2.05) is 0 Å². The third-order valence-electron chi connectivity index (χ3n) is 2.97. The van der Waals surface area contributed by atoms with Crippen LogP contribution in [0.15, 0.2) is 48.5 Å². The molecule has 1 amide bonds. The number of carbonyl (C=O) groups is 2. The topological polar surface area (TPSA) is 75.6 Å². The lowest BCUT2D eigenvalue weighted by atomic mass is 10.1. The molecule has 0 fully saturated rings. The van der Waals surface area contributed by atoms with E-state index >= 15 is 0 Å². The highest BCUT2D eigenvalue weighted by molar-refractivity contribution is 6.09. The van der Waals surface area contributed by atoms with Crippen molar-refractivity contribution in [3.8, 4) is 5.75 Å². The van der Waals surface area contributed by atoms with E-state index in [1.54, 1.807) is 55.6 Å². The minimum Gasteiger partial charge on any atom is -0.497 e. The summed E-state index contributed by atoms with van der Waals surface area (Å²) in [6.45, 7) is -0.602. The number of para-hydroxylation sites is 1. The highest BCUT2D eigenvalue weighted by Gasteiger charge is 2.13. The van der Waals surface area contributed by atoms with Crippen molar-refractivity contribution >= 4 is 17.4 Å². The number of hydrogen-bond acceptors (Lipinski definition) is 4. The van der Waals surface area contributed by atoms with Crippen LogP contribution in [0, 0.1) is 0 Å². The quantitative estimate of drug-likeness (QED) is 0.825. The van der Waals surface area contributed by atoms with Crippen LogP contribution >= 0.6 is 0 Å². The third kappa shape index (κ3) is 3.46. The number of benzene rings is 2.